The summed E-state index contributed by atoms with van der Waals surface area (Å²) < 4.78 is 11.5. The second-order valence-corrected chi connectivity index (χ2v) is 7.82. The fourth-order valence-electron chi connectivity index (χ4n) is 4.12. The molecule has 2 aromatic carbocycles. The first-order valence-corrected chi connectivity index (χ1v) is 9.38. The van der Waals surface area contributed by atoms with Gasteiger partial charge < -0.3 is 20.2 Å². The van der Waals surface area contributed by atoms with Crippen LogP contribution in [-0.2, 0) is 6.61 Å². The van der Waals surface area contributed by atoms with E-state index in [1.54, 1.807) is 12.1 Å². The molecule has 5 nitrogen and oxygen atoms in total. The Bertz CT molecular complexity index is 1000. The number of amides is 1. The molecule has 2 aliphatic carbocycles. The van der Waals surface area contributed by atoms with Gasteiger partial charge in [-0.25, -0.2) is 0 Å². The molecule has 0 saturated heterocycles. The van der Waals surface area contributed by atoms with E-state index in [1.165, 1.54) is 5.39 Å². The van der Waals surface area contributed by atoms with E-state index in [0.717, 1.165) is 30.4 Å². The standard InChI is InChI=1S/C22H22N2O3/c23-20-12-22(20)10-16(11-22)24-21(25)19-8-7-18(27-19)13-26-17-6-5-14-3-1-2-4-15(14)9-17/h1-9,16,20H,10-13,23H2,(H,24,25). The predicted molar refractivity (Wildman–Crippen MR) is 103 cm³/mol. The summed E-state index contributed by atoms with van der Waals surface area (Å²) in [4.78, 5) is 12.3. The first-order chi connectivity index (χ1) is 13.1. The van der Waals surface area contributed by atoms with Crippen molar-refractivity contribution in [2.24, 2.45) is 11.1 Å². The molecule has 0 aliphatic heterocycles. The molecule has 138 valence electrons. The first-order valence-electron chi connectivity index (χ1n) is 9.38. The zero-order chi connectivity index (χ0) is 18.4. The lowest BCUT2D eigenvalue weighted by Crippen LogP contribution is -2.47. The molecule has 0 radical (unpaired) electrons. The molecule has 5 rings (SSSR count). The summed E-state index contributed by atoms with van der Waals surface area (Å²) in [5, 5.41) is 5.33. The number of carbonyl (C=O) groups excluding carboxylic acids is 1. The number of fused-ring (bicyclic) bond motifs is 1. The van der Waals surface area contributed by atoms with Gasteiger partial charge in [0.15, 0.2) is 5.76 Å². The van der Waals surface area contributed by atoms with Crippen LogP contribution in [0.3, 0.4) is 0 Å². The third-order valence-electron chi connectivity index (χ3n) is 5.88. The minimum absolute atomic E-state index is 0.166. The van der Waals surface area contributed by atoms with Crippen molar-refractivity contribution >= 4 is 16.7 Å². The highest BCUT2D eigenvalue weighted by Gasteiger charge is 2.60. The average molecular weight is 362 g/mol. The number of benzene rings is 2. The van der Waals surface area contributed by atoms with Crippen LogP contribution in [0.15, 0.2) is 59.0 Å². The van der Waals surface area contributed by atoms with Crippen molar-refractivity contribution in [3.63, 3.8) is 0 Å². The number of rotatable bonds is 5. The van der Waals surface area contributed by atoms with E-state index in [9.17, 15) is 4.79 Å². The molecule has 2 aliphatic rings. The number of nitrogens with one attached hydrogen (secondary N) is 1. The summed E-state index contributed by atoms with van der Waals surface area (Å²) >= 11 is 0. The van der Waals surface area contributed by atoms with Crippen LogP contribution in [0.5, 0.6) is 5.75 Å². The molecule has 2 fully saturated rings. The highest BCUT2D eigenvalue weighted by Crippen LogP contribution is 2.59. The summed E-state index contributed by atoms with van der Waals surface area (Å²) in [5.41, 5.74) is 6.26. The van der Waals surface area contributed by atoms with Gasteiger partial charge in [0, 0.05) is 12.1 Å². The quantitative estimate of drug-likeness (QED) is 0.727. The van der Waals surface area contributed by atoms with Crippen LogP contribution in [0, 0.1) is 5.41 Å². The summed E-state index contributed by atoms with van der Waals surface area (Å²) in [7, 11) is 0. The molecule has 1 atom stereocenters. The van der Waals surface area contributed by atoms with Gasteiger partial charge in [-0.3, -0.25) is 4.79 Å². The predicted octanol–water partition coefficient (Wildman–Crippen LogP) is 3.62. The number of hydrogen-bond donors (Lipinski definition) is 2. The van der Waals surface area contributed by atoms with E-state index in [-0.39, 0.29) is 18.6 Å². The minimum Gasteiger partial charge on any atom is -0.486 e. The zero-order valence-corrected chi connectivity index (χ0v) is 15.0. The fraction of sp³-hybridized carbons (Fsp3) is 0.318. The molecule has 3 N–H and O–H groups in total. The lowest BCUT2D eigenvalue weighted by atomic mass is 9.76. The van der Waals surface area contributed by atoms with Gasteiger partial charge in [0.1, 0.15) is 18.1 Å². The molecule has 3 aromatic rings. The van der Waals surface area contributed by atoms with Crippen LogP contribution in [0.4, 0.5) is 0 Å². The minimum atomic E-state index is -0.166. The van der Waals surface area contributed by atoms with Crippen molar-refractivity contribution in [2.75, 3.05) is 0 Å². The molecule has 1 spiro atoms. The van der Waals surface area contributed by atoms with Crippen molar-refractivity contribution in [1.29, 1.82) is 0 Å². The van der Waals surface area contributed by atoms with Gasteiger partial charge in [-0.05, 0) is 59.7 Å². The maximum absolute atomic E-state index is 12.3. The highest BCUT2D eigenvalue weighted by atomic mass is 16.5. The SMILES string of the molecule is NC1CC12CC(NC(=O)c1ccc(COc3ccc4ccccc4c3)o1)C2. The van der Waals surface area contributed by atoms with Gasteiger partial charge >= 0.3 is 0 Å². The largest absolute Gasteiger partial charge is 0.486 e. The average Bonchev–Trinajstić information content (AvgIpc) is 3.11. The number of hydrogen-bond acceptors (Lipinski definition) is 4. The normalized spacial score (nSPS) is 26.0. The summed E-state index contributed by atoms with van der Waals surface area (Å²) in [6, 6.07) is 18.1. The number of nitrogens with two attached hydrogens (primary N) is 1. The highest BCUT2D eigenvalue weighted by molar-refractivity contribution is 5.91. The van der Waals surface area contributed by atoms with E-state index < -0.39 is 0 Å². The Morgan fingerprint density at radius 3 is 2.67 bits per heavy atom. The molecule has 1 aromatic heterocycles. The van der Waals surface area contributed by atoms with E-state index in [1.807, 2.05) is 30.3 Å². The Hall–Kier alpha value is -2.79. The summed E-state index contributed by atoms with van der Waals surface area (Å²) in [6.45, 7) is 0.285. The van der Waals surface area contributed by atoms with Crippen LogP contribution < -0.4 is 15.8 Å². The van der Waals surface area contributed by atoms with Gasteiger partial charge in [0.05, 0.1) is 0 Å². The van der Waals surface area contributed by atoms with E-state index in [0.29, 0.717) is 23.0 Å². The van der Waals surface area contributed by atoms with Crippen molar-refractivity contribution in [1.82, 2.24) is 5.32 Å². The molecular weight excluding hydrogens is 340 g/mol. The second-order valence-electron chi connectivity index (χ2n) is 7.82. The second kappa shape index (κ2) is 6.13. The molecular formula is C22H22N2O3. The van der Waals surface area contributed by atoms with Crippen molar-refractivity contribution in [2.45, 2.75) is 38.0 Å². The molecule has 2 saturated carbocycles. The van der Waals surface area contributed by atoms with Crippen molar-refractivity contribution < 1.29 is 13.9 Å². The first kappa shape index (κ1) is 16.4. The molecule has 1 unspecified atom stereocenters. The molecule has 27 heavy (non-hydrogen) atoms. The lowest BCUT2D eigenvalue weighted by Gasteiger charge is -2.36. The lowest BCUT2D eigenvalue weighted by molar-refractivity contribution is 0.0841. The Morgan fingerprint density at radius 1 is 1.11 bits per heavy atom. The van der Waals surface area contributed by atoms with Crippen LogP contribution in [-0.4, -0.2) is 18.0 Å². The van der Waals surface area contributed by atoms with E-state index in [2.05, 4.69) is 17.4 Å². The van der Waals surface area contributed by atoms with Crippen LogP contribution >= 0.6 is 0 Å². The van der Waals surface area contributed by atoms with Gasteiger partial charge in [0.25, 0.3) is 5.91 Å². The van der Waals surface area contributed by atoms with Gasteiger partial charge in [-0.1, -0.05) is 30.3 Å². The maximum atomic E-state index is 12.3. The third kappa shape index (κ3) is 3.08. The van der Waals surface area contributed by atoms with E-state index in [4.69, 9.17) is 14.9 Å². The Kier molecular flexibility index (Phi) is 3.72. The number of carbonyl (C=O) groups is 1. The monoisotopic (exact) mass is 362 g/mol. The Balaban J connectivity index is 1.17. The van der Waals surface area contributed by atoms with Crippen LogP contribution in [0.2, 0.25) is 0 Å². The topological polar surface area (TPSA) is 77.5 Å². The van der Waals surface area contributed by atoms with Crippen LogP contribution in [0.1, 0.15) is 35.6 Å². The Labute approximate surface area is 157 Å². The fourth-order valence-corrected chi connectivity index (χ4v) is 4.12. The molecule has 0 bridgehead atoms. The molecule has 1 amide bonds. The summed E-state index contributed by atoms with van der Waals surface area (Å²) in [6.07, 6.45) is 3.06. The number of ether oxygens (including phenoxy) is 1. The Morgan fingerprint density at radius 2 is 1.89 bits per heavy atom. The summed E-state index contributed by atoms with van der Waals surface area (Å²) in [5.74, 6) is 1.56. The van der Waals surface area contributed by atoms with E-state index >= 15 is 0 Å². The van der Waals surface area contributed by atoms with Crippen molar-refractivity contribution in [3.8, 4) is 5.75 Å². The molecule has 1 heterocycles. The molecule has 5 heteroatoms. The smallest absolute Gasteiger partial charge is 0.287 e. The van der Waals surface area contributed by atoms with Gasteiger partial charge in [-0.2, -0.15) is 0 Å². The maximum Gasteiger partial charge on any atom is 0.287 e. The van der Waals surface area contributed by atoms with Crippen molar-refractivity contribution in [3.05, 3.63) is 66.1 Å². The zero-order valence-electron chi connectivity index (χ0n) is 15.0. The third-order valence-corrected chi connectivity index (χ3v) is 5.88. The van der Waals surface area contributed by atoms with Gasteiger partial charge in [0.2, 0.25) is 0 Å². The van der Waals surface area contributed by atoms with Gasteiger partial charge in [-0.15, -0.1) is 0 Å². The number of furan rings is 1. The van der Waals surface area contributed by atoms with Crippen LogP contribution in [0.25, 0.3) is 10.8 Å².